The van der Waals surface area contributed by atoms with Crippen molar-refractivity contribution < 1.29 is 4.74 Å². The van der Waals surface area contributed by atoms with Gasteiger partial charge >= 0.3 is 0 Å². The molecule has 0 bridgehead atoms. The first-order chi connectivity index (χ1) is 16.8. The van der Waals surface area contributed by atoms with Crippen molar-refractivity contribution in [1.29, 1.82) is 0 Å². The number of ether oxygens (including phenoxy) is 1. The molecule has 174 valence electrons. The maximum Gasteiger partial charge on any atom is 0.225 e. The molecular formula is C25H28N8O. The van der Waals surface area contributed by atoms with E-state index in [1.807, 2.05) is 24.7 Å². The Balaban J connectivity index is 1.17. The summed E-state index contributed by atoms with van der Waals surface area (Å²) in [5.74, 6) is 1.80. The van der Waals surface area contributed by atoms with E-state index in [2.05, 4.69) is 70.7 Å². The molecule has 2 aliphatic rings. The van der Waals surface area contributed by atoms with Gasteiger partial charge in [0.05, 0.1) is 36.8 Å². The standard InChI is InChI=1S/C25H28N8O/c1-3-19(30-20-16-28-25(29-17-20)33-9-7-26-8-10-33)4-2-18(1)23-15-21-22(31-23)5-6-27-24(21)32-11-13-34-14-12-32/h1-6,15-17,26,30-31H,7-14H2. The van der Waals surface area contributed by atoms with E-state index in [4.69, 9.17) is 4.74 Å². The minimum absolute atomic E-state index is 0.743. The van der Waals surface area contributed by atoms with Crippen LogP contribution in [0, 0.1) is 0 Å². The van der Waals surface area contributed by atoms with Gasteiger partial charge in [-0.25, -0.2) is 15.0 Å². The monoisotopic (exact) mass is 456 g/mol. The first-order valence-corrected chi connectivity index (χ1v) is 11.8. The van der Waals surface area contributed by atoms with E-state index >= 15 is 0 Å². The summed E-state index contributed by atoms with van der Waals surface area (Å²) < 4.78 is 5.50. The van der Waals surface area contributed by atoms with E-state index in [1.54, 1.807) is 0 Å². The van der Waals surface area contributed by atoms with Crippen LogP contribution in [0.2, 0.25) is 0 Å². The average Bonchev–Trinajstić information content (AvgIpc) is 3.35. The molecule has 0 spiro atoms. The number of rotatable bonds is 5. The smallest absolute Gasteiger partial charge is 0.225 e. The number of hydrogen-bond donors (Lipinski definition) is 3. The second-order valence-electron chi connectivity index (χ2n) is 8.59. The number of anilines is 4. The third-order valence-electron chi connectivity index (χ3n) is 6.36. The van der Waals surface area contributed by atoms with Crippen molar-refractivity contribution >= 4 is 34.0 Å². The highest BCUT2D eigenvalue weighted by Gasteiger charge is 2.17. The highest BCUT2D eigenvalue weighted by atomic mass is 16.5. The molecule has 0 atom stereocenters. The van der Waals surface area contributed by atoms with Crippen LogP contribution in [0.15, 0.2) is 55.0 Å². The molecule has 4 aromatic rings. The maximum atomic E-state index is 5.50. The Bertz CT molecular complexity index is 1240. The van der Waals surface area contributed by atoms with Crippen molar-refractivity contribution in [1.82, 2.24) is 25.3 Å². The van der Waals surface area contributed by atoms with Crippen molar-refractivity contribution in [2.24, 2.45) is 0 Å². The van der Waals surface area contributed by atoms with Crippen LogP contribution in [0.25, 0.3) is 22.2 Å². The first kappa shape index (κ1) is 20.9. The number of aromatic nitrogens is 4. The summed E-state index contributed by atoms with van der Waals surface area (Å²) in [5.41, 5.74) is 5.16. The molecule has 3 aromatic heterocycles. The molecule has 9 heteroatoms. The number of pyridine rings is 1. The Kier molecular flexibility index (Phi) is 5.70. The van der Waals surface area contributed by atoms with Crippen molar-refractivity contribution in [2.75, 3.05) is 67.6 Å². The maximum absolute atomic E-state index is 5.50. The third-order valence-corrected chi connectivity index (χ3v) is 6.36. The summed E-state index contributed by atoms with van der Waals surface area (Å²) in [6.07, 6.45) is 5.56. The van der Waals surface area contributed by atoms with Gasteiger partial charge in [0.1, 0.15) is 5.82 Å². The molecule has 2 fully saturated rings. The van der Waals surface area contributed by atoms with Crippen LogP contribution in [0.3, 0.4) is 0 Å². The summed E-state index contributed by atoms with van der Waals surface area (Å²) in [6.45, 7) is 7.03. The third kappa shape index (κ3) is 4.27. The molecule has 34 heavy (non-hydrogen) atoms. The van der Waals surface area contributed by atoms with E-state index in [1.165, 1.54) is 0 Å². The Morgan fingerprint density at radius 2 is 1.59 bits per heavy atom. The van der Waals surface area contributed by atoms with Gasteiger partial charge < -0.3 is 30.2 Å². The zero-order valence-electron chi connectivity index (χ0n) is 19.0. The van der Waals surface area contributed by atoms with Gasteiger partial charge in [0.2, 0.25) is 5.95 Å². The van der Waals surface area contributed by atoms with E-state index in [9.17, 15) is 0 Å². The molecule has 0 amide bonds. The molecule has 1 aromatic carbocycles. The lowest BCUT2D eigenvalue weighted by molar-refractivity contribution is 0.122. The quantitative estimate of drug-likeness (QED) is 0.422. The zero-order valence-corrected chi connectivity index (χ0v) is 19.0. The highest BCUT2D eigenvalue weighted by molar-refractivity contribution is 5.94. The van der Waals surface area contributed by atoms with Gasteiger partial charge in [-0.2, -0.15) is 0 Å². The number of nitrogens with zero attached hydrogens (tertiary/aromatic N) is 5. The molecule has 0 aliphatic carbocycles. The van der Waals surface area contributed by atoms with Gasteiger partial charge in [-0.3, -0.25) is 0 Å². The number of aromatic amines is 1. The first-order valence-electron chi connectivity index (χ1n) is 11.8. The fraction of sp³-hybridized carbons (Fsp3) is 0.320. The summed E-state index contributed by atoms with van der Waals surface area (Å²) in [4.78, 5) is 21.8. The van der Waals surface area contributed by atoms with Gasteiger partial charge in [-0.15, -0.1) is 0 Å². The lowest BCUT2D eigenvalue weighted by atomic mass is 10.1. The minimum atomic E-state index is 0.743. The molecule has 9 nitrogen and oxygen atoms in total. The van der Waals surface area contributed by atoms with Crippen LogP contribution < -0.4 is 20.4 Å². The van der Waals surface area contributed by atoms with Crippen LogP contribution in [0.1, 0.15) is 0 Å². The largest absolute Gasteiger partial charge is 0.378 e. The Labute approximate surface area is 198 Å². The minimum Gasteiger partial charge on any atom is -0.378 e. The lowest BCUT2D eigenvalue weighted by Gasteiger charge is -2.28. The van der Waals surface area contributed by atoms with E-state index < -0.39 is 0 Å². The normalized spacial score (nSPS) is 16.7. The van der Waals surface area contributed by atoms with Gasteiger partial charge in [-0.1, -0.05) is 12.1 Å². The summed E-state index contributed by atoms with van der Waals surface area (Å²) in [6, 6.07) is 12.6. The Morgan fingerprint density at radius 1 is 0.824 bits per heavy atom. The fourth-order valence-electron chi connectivity index (χ4n) is 4.54. The highest BCUT2D eigenvalue weighted by Crippen LogP contribution is 2.31. The van der Waals surface area contributed by atoms with Gasteiger partial charge in [-0.05, 0) is 29.8 Å². The number of nitrogens with one attached hydrogen (secondary N) is 3. The molecule has 0 radical (unpaired) electrons. The molecule has 0 unspecified atom stereocenters. The van der Waals surface area contributed by atoms with Crippen molar-refractivity contribution in [3.05, 3.63) is 55.0 Å². The second kappa shape index (κ2) is 9.28. The van der Waals surface area contributed by atoms with E-state index in [0.717, 1.165) is 97.8 Å². The van der Waals surface area contributed by atoms with Gasteiger partial charge in [0, 0.05) is 62.2 Å². The molecule has 2 aliphatic heterocycles. The zero-order chi connectivity index (χ0) is 22.7. The molecule has 3 N–H and O–H groups in total. The Morgan fingerprint density at radius 3 is 2.35 bits per heavy atom. The van der Waals surface area contributed by atoms with Crippen LogP contribution in [0.5, 0.6) is 0 Å². The van der Waals surface area contributed by atoms with Crippen LogP contribution in [0.4, 0.5) is 23.1 Å². The lowest BCUT2D eigenvalue weighted by Crippen LogP contribution is -2.44. The Hall–Kier alpha value is -3.69. The number of morpholine rings is 1. The fourth-order valence-corrected chi connectivity index (χ4v) is 4.54. The van der Waals surface area contributed by atoms with Crippen LogP contribution in [-0.2, 0) is 4.74 Å². The van der Waals surface area contributed by atoms with Crippen molar-refractivity contribution in [2.45, 2.75) is 0 Å². The van der Waals surface area contributed by atoms with Crippen molar-refractivity contribution in [3.8, 4) is 11.3 Å². The average molecular weight is 457 g/mol. The number of hydrogen-bond acceptors (Lipinski definition) is 8. The summed E-state index contributed by atoms with van der Waals surface area (Å²) in [5, 5.41) is 7.89. The predicted molar refractivity (Wildman–Crippen MR) is 135 cm³/mol. The predicted octanol–water partition coefficient (Wildman–Crippen LogP) is 3.01. The van der Waals surface area contributed by atoms with E-state index in [-0.39, 0.29) is 0 Å². The number of benzene rings is 1. The molecule has 0 saturated carbocycles. The molecule has 5 heterocycles. The number of piperazine rings is 1. The van der Waals surface area contributed by atoms with Gasteiger partial charge in [0.15, 0.2) is 0 Å². The number of H-pyrrole nitrogens is 1. The van der Waals surface area contributed by atoms with Crippen molar-refractivity contribution in [3.63, 3.8) is 0 Å². The van der Waals surface area contributed by atoms with Crippen LogP contribution >= 0.6 is 0 Å². The molecule has 2 saturated heterocycles. The summed E-state index contributed by atoms with van der Waals surface area (Å²) in [7, 11) is 0. The summed E-state index contributed by atoms with van der Waals surface area (Å²) >= 11 is 0. The number of fused-ring (bicyclic) bond motifs is 1. The molecule has 6 rings (SSSR count). The van der Waals surface area contributed by atoms with Crippen LogP contribution in [-0.4, -0.2) is 72.4 Å². The van der Waals surface area contributed by atoms with Gasteiger partial charge in [0.25, 0.3) is 0 Å². The SMILES string of the molecule is c1cc2[nH]c(-c3ccc(Nc4cnc(N5CCNCC5)nc4)cc3)cc2c(N2CCOCC2)n1. The second-order valence-corrected chi connectivity index (χ2v) is 8.59. The molecular weight excluding hydrogens is 428 g/mol. The topological polar surface area (TPSA) is 94.2 Å². The van der Waals surface area contributed by atoms with E-state index in [0.29, 0.717) is 0 Å².